The topological polar surface area (TPSA) is 108 Å². The minimum atomic E-state index is -0.939. The number of carbonyl (C=O) groups excluding carboxylic acids is 4. The Morgan fingerprint density at radius 2 is 1.97 bits per heavy atom. The van der Waals surface area contributed by atoms with Gasteiger partial charge in [-0.05, 0) is 44.4 Å². The quantitative estimate of drug-likeness (QED) is 0.631. The third-order valence-electron chi connectivity index (χ3n) is 6.12. The van der Waals surface area contributed by atoms with E-state index < -0.39 is 23.8 Å². The van der Waals surface area contributed by atoms with Gasteiger partial charge < -0.3 is 10.6 Å². The highest BCUT2D eigenvalue weighted by Crippen LogP contribution is 2.30. The van der Waals surface area contributed by atoms with E-state index in [1.54, 1.807) is 12.1 Å². The van der Waals surface area contributed by atoms with Crippen LogP contribution >= 0.6 is 0 Å². The summed E-state index contributed by atoms with van der Waals surface area (Å²) in [5, 5.41) is 9.21. The van der Waals surface area contributed by atoms with Crippen molar-refractivity contribution < 1.29 is 19.2 Å². The maximum absolute atomic E-state index is 13.1. The van der Waals surface area contributed by atoms with Crippen LogP contribution in [0.2, 0.25) is 0 Å². The molecule has 0 spiro atoms. The van der Waals surface area contributed by atoms with Gasteiger partial charge in [0.05, 0.1) is 11.1 Å². The summed E-state index contributed by atoms with van der Waals surface area (Å²) in [6, 6.07) is 4.90. The molecule has 0 aliphatic carbocycles. The Balaban J connectivity index is 1.51. The number of carbonyl (C=O) groups is 4. The lowest BCUT2D eigenvalue weighted by molar-refractivity contribution is -0.136. The highest BCUT2D eigenvalue weighted by Gasteiger charge is 2.45. The van der Waals surface area contributed by atoms with E-state index >= 15 is 0 Å². The molecule has 8 heteroatoms. The minimum absolute atomic E-state index is 0.115. The first-order chi connectivity index (χ1) is 14.0. The number of nitrogens with zero attached hydrogens (tertiary/aromatic N) is 1. The summed E-state index contributed by atoms with van der Waals surface area (Å²) < 4.78 is 0. The summed E-state index contributed by atoms with van der Waals surface area (Å²) >= 11 is 0. The Morgan fingerprint density at radius 3 is 2.69 bits per heavy atom. The molecule has 8 nitrogen and oxygen atoms in total. The molecule has 29 heavy (non-hydrogen) atoms. The van der Waals surface area contributed by atoms with Crippen LogP contribution in [0, 0.1) is 0 Å². The maximum Gasteiger partial charge on any atom is 0.262 e. The average molecular weight is 398 g/mol. The highest BCUT2D eigenvalue weighted by atomic mass is 16.2. The molecule has 3 aliphatic rings. The molecule has 4 rings (SSSR count). The maximum atomic E-state index is 13.1. The van der Waals surface area contributed by atoms with Crippen molar-refractivity contribution in [1.29, 1.82) is 0 Å². The number of fused-ring (bicyclic) bond motifs is 1. The normalized spacial score (nSPS) is 25.8. The second kappa shape index (κ2) is 8.04. The molecule has 3 unspecified atom stereocenters. The molecular weight excluding hydrogens is 372 g/mol. The van der Waals surface area contributed by atoms with Gasteiger partial charge in [-0.25, -0.2) is 0 Å². The van der Waals surface area contributed by atoms with Crippen molar-refractivity contribution in [2.75, 3.05) is 6.54 Å². The SMILES string of the molecule is CC(NCc1cccc2c1C(=O)N(C1CCC(=O)NC1=O)C2=O)C1CCCCN1. The Kier molecular flexibility index (Phi) is 5.47. The molecule has 3 N–H and O–H groups in total. The van der Waals surface area contributed by atoms with Gasteiger partial charge in [0.15, 0.2) is 0 Å². The summed E-state index contributed by atoms with van der Waals surface area (Å²) in [7, 11) is 0. The predicted molar refractivity (Wildman–Crippen MR) is 105 cm³/mol. The molecule has 0 radical (unpaired) electrons. The van der Waals surface area contributed by atoms with Gasteiger partial charge in [0, 0.05) is 25.0 Å². The van der Waals surface area contributed by atoms with Gasteiger partial charge in [0.1, 0.15) is 6.04 Å². The fraction of sp³-hybridized carbons (Fsp3) is 0.524. The summed E-state index contributed by atoms with van der Waals surface area (Å²) in [5.74, 6) is -1.89. The molecule has 0 saturated carbocycles. The van der Waals surface area contributed by atoms with E-state index in [2.05, 4.69) is 22.9 Å². The fourth-order valence-corrected chi connectivity index (χ4v) is 4.45. The summed E-state index contributed by atoms with van der Waals surface area (Å²) in [5.41, 5.74) is 1.43. The number of nitrogens with one attached hydrogen (secondary N) is 3. The van der Waals surface area contributed by atoms with Gasteiger partial charge in [-0.1, -0.05) is 18.6 Å². The Bertz CT molecular complexity index is 862. The van der Waals surface area contributed by atoms with Gasteiger partial charge in [0.2, 0.25) is 11.8 Å². The van der Waals surface area contributed by atoms with Crippen molar-refractivity contribution >= 4 is 23.6 Å². The lowest BCUT2D eigenvalue weighted by Crippen LogP contribution is -2.54. The standard InChI is InChI=1S/C21H26N4O4/c1-12(15-7-2-3-10-22-15)23-11-13-5-4-6-14-18(13)21(29)25(20(14)28)16-8-9-17(26)24-19(16)27/h4-6,12,15-16,22-23H,2-3,7-11H2,1H3,(H,24,26,27). The van der Waals surface area contributed by atoms with Crippen LogP contribution in [0.3, 0.4) is 0 Å². The second-order valence-electron chi connectivity index (χ2n) is 8.01. The van der Waals surface area contributed by atoms with Crippen molar-refractivity contribution in [1.82, 2.24) is 20.9 Å². The zero-order valence-electron chi connectivity index (χ0n) is 16.5. The number of imide groups is 2. The number of amides is 4. The molecule has 0 aromatic heterocycles. The van der Waals surface area contributed by atoms with E-state index in [1.165, 1.54) is 12.8 Å². The van der Waals surface area contributed by atoms with Crippen molar-refractivity contribution in [2.24, 2.45) is 0 Å². The molecular formula is C21H26N4O4. The third kappa shape index (κ3) is 3.70. The van der Waals surface area contributed by atoms with Crippen LogP contribution < -0.4 is 16.0 Å². The van der Waals surface area contributed by atoms with E-state index in [1.807, 2.05) is 6.07 Å². The van der Waals surface area contributed by atoms with E-state index in [0.717, 1.165) is 23.4 Å². The Hall–Kier alpha value is -2.58. The molecule has 0 bridgehead atoms. The van der Waals surface area contributed by atoms with Crippen molar-refractivity contribution in [3.8, 4) is 0 Å². The van der Waals surface area contributed by atoms with E-state index in [-0.39, 0.29) is 24.8 Å². The zero-order valence-corrected chi connectivity index (χ0v) is 16.5. The zero-order chi connectivity index (χ0) is 20.5. The van der Waals surface area contributed by atoms with Gasteiger partial charge in [0.25, 0.3) is 11.8 Å². The number of benzene rings is 1. The van der Waals surface area contributed by atoms with Gasteiger partial charge >= 0.3 is 0 Å². The highest BCUT2D eigenvalue weighted by molar-refractivity contribution is 6.24. The van der Waals surface area contributed by atoms with Gasteiger partial charge in [-0.3, -0.25) is 29.4 Å². The molecule has 1 aromatic rings. The molecule has 3 heterocycles. The monoisotopic (exact) mass is 398 g/mol. The predicted octanol–water partition coefficient (Wildman–Crippen LogP) is 0.708. The van der Waals surface area contributed by atoms with Crippen LogP contribution in [0.25, 0.3) is 0 Å². The Labute approximate surface area is 169 Å². The molecule has 154 valence electrons. The van der Waals surface area contributed by atoms with Crippen LogP contribution in [0.1, 0.15) is 65.3 Å². The van der Waals surface area contributed by atoms with Crippen molar-refractivity contribution in [2.45, 2.75) is 63.7 Å². The molecule has 1 aromatic carbocycles. The van der Waals surface area contributed by atoms with Crippen LogP contribution in [0.15, 0.2) is 18.2 Å². The summed E-state index contributed by atoms with van der Waals surface area (Å²) in [6.07, 6.45) is 3.79. The number of piperidine rings is 2. The molecule has 3 atom stereocenters. The summed E-state index contributed by atoms with van der Waals surface area (Å²) in [6.45, 7) is 3.60. The van der Waals surface area contributed by atoms with E-state index in [9.17, 15) is 19.2 Å². The van der Waals surface area contributed by atoms with Crippen LogP contribution in [0.5, 0.6) is 0 Å². The summed E-state index contributed by atoms with van der Waals surface area (Å²) in [4.78, 5) is 50.6. The van der Waals surface area contributed by atoms with Crippen molar-refractivity contribution in [3.63, 3.8) is 0 Å². The lowest BCUT2D eigenvalue weighted by atomic mass is 9.98. The Morgan fingerprint density at radius 1 is 1.14 bits per heavy atom. The molecule has 2 fully saturated rings. The third-order valence-corrected chi connectivity index (χ3v) is 6.12. The van der Waals surface area contributed by atoms with Crippen LogP contribution in [-0.2, 0) is 16.1 Å². The smallest absolute Gasteiger partial charge is 0.262 e. The van der Waals surface area contributed by atoms with Crippen LogP contribution in [-0.4, -0.2) is 53.2 Å². The first-order valence-electron chi connectivity index (χ1n) is 10.3. The van der Waals surface area contributed by atoms with Crippen molar-refractivity contribution in [3.05, 3.63) is 34.9 Å². The minimum Gasteiger partial charge on any atom is -0.312 e. The van der Waals surface area contributed by atoms with Gasteiger partial charge in [-0.2, -0.15) is 0 Å². The molecule has 3 aliphatic heterocycles. The average Bonchev–Trinajstić information content (AvgIpc) is 2.98. The van der Waals surface area contributed by atoms with Gasteiger partial charge in [-0.15, -0.1) is 0 Å². The number of hydrogen-bond acceptors (Lipinski definition) is 6. The number of hydrogen-bond donors (Lipinski definition) is 3. The first kappa shape index (κ1) is 19.7. The largest absolute Gasteiger partial charge is 0.312 e. The van der Waals surface area contributed by atoms with E-state index in [4.69, 9.17) is 0 Å². The van der Waals surface area contributed by atoms with Crippen LogP contribution in [0.4, 0.5) is 0 Å². The van der Waals surface area contributed by atoms with E-state index in [0.29, 0.717) is 23.7 Å². The molecule has 2 saturated heterocycles. The second-order valence-corrected chi connectivity index (χ2v) is 8.01. The first-order valence-corrected chi connectivity index (χ1v) is 10.3. The lowest BCUT2D eigenvalue weighted by Gasteiger charge is -2.30. The number of rotatable bonds is 5. The fourth-order valence-electron chi connectivity index (χ4n) is 4.45. The molecule has 4 amide bonds.